The largest absolute Gasteiger partial charge is 0.453 e. The highest BCUT2D eigenvalue weighted by atomic mass is 19.1. The molecule has 0 saturated carbocycles. The lowest BCUT2D eigenvalue weighted by atomic mass is 10.1. The number of carbonyl (C=O) groups is 1. The fourth-order valence-corrected chi connectivity index (χ4v) is 2.22. The van der Waals surface area contributed by atoms with Crippen LogP contribution in [0.4, 0.5) is 4.39 Å². The van der Waals surface area contributed by atoms with Gasteiger partial charge in [0.2, 0.25) is 5.76 Å². The molecule has 0 aliphatic carbocycles. The van der Waals surface area contributed by atoms with E-state index in [1.54, 1.807) is 11.8 Å². The summed E-state index contributed by atoms with van der Waals surface area (Å²) in [4.78, 5) is 13.9. The van der Waals surface area contributed by atoms with Gasteiger partial charge in [-0.2, -0.15) is 0 Å². The Bertz CT molecular complexity index is 431. The lowest BCUT2D eigenvalue weighted by Gasteiger charge is -2.22. The first-order chi connectivity index (χ1) is 8.61. The molecule has 1 aliphatic heterocycles. The Hall–Kier alpha value is -1.36. The molecule has 0 aromatic carbocycles. The maximum atomic E-state index is 13.5. The Morgan fingerprint density at radius 2 is 2.44 bits per heavy atom. The summed E-state index contributed by atoms with van der Waals surface area (Å²) in [5.74, 6) is -0.235. The number of rotatable bonds is 2. The number of furan rings is 1. The van der Waals surface area contributed by atoms with Crippen LogP contribution in [0, 0.1) is 18.7 Å². The van der Waals surface area contributed by atoms with Crippen molar-refractivity contribution in [1.29, 1.82) is 0 Å². The van der Waals surface area contributed by atoms with Gasteiger partial charge >= 0.3 is 0 Å². The summed E-state index contributed by atoms with van der Waals surface area (Å²) in [5.41, 5.74) is 0. The average molecular weight is 254 g/mol. The van der Waals surface area contributed by atoms with Crippen LogP contribution >= 0.6 is 0 Å². The minimum Gasteiger partial charge on any atom is -0.453 e. The van der Waals surface area contributed by atoms with Crippen molar-refractivity contribution in [3.8, 4) is 0 Å². The number of halogens is 1. The second-order valence-electron chi connectivity index (χ2n) is 4.76. The second-order valence-corrected chi connectivity index (χ2v) is 4.76. The second kappa shape index (κ2) is 5.52. The van der Waals surface area contributed by atoms with Gasteiger partial charge in [0.15, 0.2) is 5.82 Å². The lowest BCUT2D eigenvalue weighted by molar-refractivity contribution is 0.0706. The fourth-order valence-electron chi connectivity index (χ4n) is 2.22. The van der Waals surface area contributed by atoms with E-state index in [-0.39, 0.29) is 11.7 Å². The van der Waals surface area contributed by atoms with Gasteiger partial charge in [-0.25, -0.2) is 4.39 Å². The van der Waals surface area contributed by atoms with Gasteiger partial charge in [0.05, 0.1) is 0 Å². The molecule has 1 saturated heterocycles. The zero-order valence-corrected chi connectivity index (χ0v) is 10.8. The molecule has 1 atom stereocenters. The van der Waals surface area contributed by atoms with Crippen molar-refractivity contribution in [1.82, 2.24) is 10.2 Å². The zero-order valence-electron chi connectivity index (χ0n) is 10.8. The number of amides is 1. The molecule has 100 valence electrons. The van der Waals surface area contributed by atoms with E-state index in [1.165, 1.54) is 6.07 Å². The van der Waals surface area contributed by atoms with Crippen LogP contribution in [0.15, 0.2) is 10.5 Å². The SMILES string of the molecule is CCC1CNCCN(C(=O)c2oc(C)cc2F)C1. The van der Waals surface area contributed by atoms with E-state index in [1.807, 2.05) is 0 Å². The van der Waals surface area contributed by atoms with Crippen molar-refractivity contribution in [3.05, 3.63) is 23.4 Å². The first-order valence-electron chi connectivity index (χ1n) is 6.37. The smallest absolute Gasteiger partial charge is 0.292 e. The molecule has 0 bridgehead atoms. The Morgan fingerprint density at radius 3 is 3.06 bits per heavy atom. The molecule has 1 fully saturated rings. The van der Waals surface area contributed by atoms with Crippen LogP contribution in [0.25, 0.3) is 0 Å². The van der Waals surface area contributed by atoms with Crippen LogP contribution in [0.5, 0.6) is 0 Å². The van der Waals surface area contributed by atoms with Gasteiger partial charge in [-0.05, 0) is 19.4 Å². The molecule has 1 aromatic rings. The highest BCUT2D eigenvalue weighted by Crippen LogP contribution is 2.17. The highest BCUT2D eigenvalue weighted by molar-refractivity contribution is 5.91. The van der Waals surface area contributed by atoms with Crippen molar-refractivity contribution in [2.45, 2.75) is 20.3 Å². The monoisotopic (exact) mass is 254 g/mol. The number of nitrogens with zero attached hydrogens (tertiary/aromatic N) is 1. The fraction of sp³-hybridized carbons (Fsp3) is 0.615. The third kappa shape index (κ3) is 2.72. The summed E-state index contributed by atoms with van der Waals surface area (Å²) in [7, 11) is 0. The molecule has 18 heavy (non-hydrogen) atoms. The molecule has 4 nitrogen and oxygen atoms in total. The summed E-state index contributed by atoms with van der Waals surface area (Å²) >= 11 is 0. The number of nitrogens with one attached hydrogen (secondary N) is 1. The molecule has 1 amide bonds. The average Bonchev–Trinajstić information content (AvgIpc) is 2.57. The number of hydrogen-bond donors (Lipinski definition) is 1. The van der Waals surface area contributed by atoms with Crippen molar-refractivity contribution >= 4 is 5.91 Å². The normalized spacial score (nSPS) is 20.8. The summed E-state index contributed by atoms with van der Waals surface area (Å²) < 4.78 is 18.7. The standard InChI is InChI=1S/C13H19FN2O2/c1-3-10-7-15-4-5-16(8-10)13(17)12-11(14)6-9(2)18-12/h6,10,15H,3-5,7-8H2,1-2H3. The van der Waals surface area contributed by atoms with Crippen molar-refractivity contribution in [3.63, 3.8) is 0 Å². The number of aryl methyl sites for hydroxylation is 1. The molecule has 1 aliphatic rings. The Balaban J connectivity index is 2.14. The van der Waals surface area contributed by atoms with E-state index in [2.05, 4.69) is 12.2 Å². The summed E-state index contributed by atoms with van der Waals surface area (Å²) in [5, 5.41) is 3.29. The van der Waals surface area contributed by atoms with E-state index in [9.17, 15) is 9.18 Å². The summed E-state index contributed by atoms with van der Waals surface area (Å²) in [6.45, 7) is 6.62. The zero-order chi connectivity index (χ0) is 13.1. The van der Waals surface area contributed by atoms with E-state index in [0.717, 1.165) is 19.5 Å². The summed E-state index contributed by atoms with van der Waals surface area (Å²) in [6.07, 6.45) is 0.996. The molecule has 0 spiro atoms. The van der Waals surface area contributed by atoms with Crippen LogP contribution in [0.2, 0.25) is 0 Å². The third-order valence-corrected chi connectivity index (χ3v) is 3.34. The number of hydrogen-bond acceptors (Lipinski definition) is 3. The molecule has 2 heterocycles. The van der Waals surface area contributed by atoms with Crippen LogP contribution in [-0.2, 0) is 0 Å². The maximum absolute atomic E-state index is 13.5. The molecule has 0 radical (unpaired) electrons. The Labute approximate surface area is 106 Å². The Kier molecular flexibility index (Phi) is 4.01. The number of carbonyl (C=O) groups excluding carboxylic acids is 1. The predicted molar refractivity (Wildman–Crippen MR) is 66.0 cm³/mol. The molecule has 2 rings (SSSR count). The molecule has 1 N–H and O–H groups in total. The minimum atomic E-state index is -0.567. The maximum Gasteiger partial charge on any atom is 0.292 e. The van der Waals surface area contributed by atoms with Crippen molar-refractivity contribution < 1.29 is 13.6 Å². The molecule has 1 aromatic heterocycles. The van der Waals surface area contributed by atoms with Crippen LogP contribution in [0.3, 0.4) is 0 Å². The van der Waals surface area contributed by atoms with Crippen LogP contribution < -0.4 is 5.32 Å². The highest BCUT2D eigenvalue weighted by Gasteiger charge is 2.26. The minimum absolute atomic E-state index is 0.163. The summed E-state index contributed by atoms with van der Waals surface area (Å²) in [6, 6.07) is 1.25. The van der Waals surface area contributed by atoms with Gasteiger partial charge in [0, 0.05) is 25.7 Å². The van der Waals surface area contributed by atoms with Crippen molar-refractivity contribution in [2.75, 3.05) is 26.2 Å². The van der Waals surface area contributed by atoms with Gasteiger partial charge in [-0.15, -0.1) is 0 Å². The molecule has 5 heteroatoms. The predicted octanol–water partition coefficient (Wildman–Crippen LogP) is 1.80. The van der Waals surface area contributed by atoms with E-state index >= 15 is 0 Å². The van der Waals surface area contributed by atoms with Gasteiger partial charge in [0.25, 0.3) is 5.91 Å². The van der Waals surface area contributed by atoms with E-state index in [0.29, 0.717) is 24.8 Å². The van der Waals surface area contributed by atoms with Gasteiger partial charge in [0.1, 0.15) is 5.76 Å². The third-order valence-electron chi connectivity index (χ3n) is 3.34. The first kappa shape index (κ1) is 13.1. The molecular formula is C13H19FN2O2. The van der Waals surface area contributed by atoms with E-state index < -0.39 is 5.82 Å². The van der Waals surface area contributed by atoms with Crippen LogP contribution in [-0.4, -0.2) is 37.0 Å². The van der Waals surface area contributed by atoms with Crippen molar-refractivity contribution in [2.24, 2.45) is 5.92 Å². The lowest BCUT2D eigenvalue weighted by Crippen LogP contribution is -2.36. The molecule has 1 unspecified atom stereocenters. The Morgan fingerprint density at radius 1 is 1.67 bits per heavy atom. The van der Waals surface area contributed by atoms with Gasteiger partial charge < -0.3 is 14.6 Å². The van der Waals surface area contributed by atoms with Gasteiger partial charge in [-0.3, -0.25) is 4.79 Å². The topological polar surface area (TPSA) is 45.5 Å². The first-order valence-corrected chi connectivity index (χ1v) is 6.37. The molecular weight excluding hydrogens is 235 g/mol. The van der Waals surface area contributed by atoms with Gasteiger partial charge in [-0.1, -0.05) is 13.3 Å². The van der Waals surface area contributed by atoms with E-state index in [4.69, 9.17) is 4.42 Å². The van der Waals surface area contributed by atoms with Crippen LogP contribution in [0.1, 0.15) is 29.7 Å². The quantitative estimate of drug-likeness (QED) is 0.875.